The molecule has 4 nitrogen and oxygen atoms in total. The van der Waals surface area contributed by atoms with Crippen LogP contribution in [0.2, 0.25) is 0 Å². The highest BCUT2D eigenvalue weighted by Crippen LogP contribution is 2.34. The predicted octanol–water partition coefficient (Wildman–Crippen LogP) is 3.33. The van der Waals surface area contributed by atoms with Crippen LogP contribution in [0, 0.1) is 13.8 Å². The predicted molar refractivity (Wildman–Crippen MR) is 82.8 cm³/mol. The lowest BCUT2D eigenvalue weighted by atomic mass is 10.2. The van der Waals surface area contributed by atoms with Crippen LogP contribution in [0.1, 0.15) is 11.1 Å². The molecule has 21 heavy (non-hydrogen) atoms. The minimum Gasteiger partial charge on any atom is -0.300 e. The molecule has 0 radical (unpaired) electrons. The van der Waals surface area contributed by atoms with E-state index in [-0.39, 0.29) is 5.91 Å². The number of carbonyl (C=O) groups excluding carboxylic acids is 1. The molecule has 1 aromatic heterocycles. The van der Waals surface area contributed by atoms with Crippen LogP contribution in [0.5, 0.6) is 0 Å². The SMILES string of the molecule is Cc1ccc(N2C(=O)Cn3c2nc2cc(C)ccc23)cc1. The average Bonchev–Trinajstić information content (AvgIpc) is 2.94. The van der Waals surface area contributed by atoms with Gasteiger partial charge in [0.05, 0.1) is 16.7 Å². The highest BCUT2D eigenvalue weighted by atomic mass is 16.2. The van der Waals surface area contributed by atoms with Crippen molar-refractivity contribution >= 4 is 28.6 Å². The number of amides is 1. The third-order valence-corrected chi connectivity index (χ3v) is 3.92. The van der Waals surface area contributed by atoms with Crippen LogP contribution in [-0.4, -0.2) is 15.5 Å². The zero-order valence-corrected chi connectivity index (χ0v) is 12.0. The van der Waals surface area contributed by atoms with E-state index in [1.165, 1.54) is 11.1 Å². The molecule has 0 saturated heterocycles. The molecule has 4 heteroatoms. The minimum absolute atomic E-state index is 0.0591. The van der Waals surface area contributed by atoms with Crippen LogP contribution < -0.4 is 4.90 Å². The minimum atomic E-state index is 0.0591. The quantitative estimate of drug-likeness (QED) is 0.684. The van der Waals surface area contributed by atoms with Gasteiger partial charge in [0.2, 0.25) is 5.95 Å². The molecule has 0 spiro atoms. The van der Waals surface area contributed by atoms with Gasteiger partial charge in [-0.3, -0.25) is 9.36 Å². The number of nitrogens with zero attached hydrogens (tertiary/aromatic N) is 3. The standard InChI is InChI=1S/C17H15N3O/c1-11-3-6-13(7-4-11)20-16(21)10-19-15-8-5-12(2)9-14(15)18-17(19)20/h3-9H,10H2,1-2H3. The third-order valence-electron chi connectivity index (χ3n) is 3.92. The molecule has 1 aliphatic heterocycles. The zero-order valence-electron chi connectivity index (χ0n) is 12.0. The Balaban J connectivity index is 1.90. The largest absolute Gasteiger partial charge is 0.300 e. The number of aryl methyl sites for hydroxylation is 2. The van der Waals surface area contributed by atoms with Gasteiger partial charge in [0.25, 0.3) is 5.91 Å². The molecule has 104 valence electrons. The molecule has 0 unspecified atom stereocenters. The summed E-state index contributed by atoms with van der Waals surface area (Å²) in [6.45, 7) is 4.43. The first-order valence-corrected chi connectivity index (χ1v) is 7.00. The molecule has 1 aliphatic rings. The fraction of sp³-hybridized carbons (Fsp3) is 0.176. The molecule has 0 N–H and O–H groups in total. The van der Waals surface area contributed by atoms with E-state index in [9.17, 15) is 4.79 Å². The lowest BCUT2D eigenvalue weighted by Gasteiger charge is -2.14. The van der Waals surface area contributed by atoms with Crippen LogP contribution in [0.15, 0.2) is 42.5 Å². The topological polar surface area (TPSA) is 38.1 Å². The van der Waals surface area contributed by atoms with Gasteiger partial charge >= 0.3 is 0 Å². The summed E-state index contributed by atoms with van der Waals surface area (Å²) < 4.78 is 1.98. The van der Waals surface area contributed by atoms with Gasteiger partial charge in [-0.05, 0) is 43.7 Å². The second-order valence-corrected chi connectivity index (χ2v) is 5.55. The number of imidazole rings is 1. The lowest BCUT2D eigenvalue weighted by Crippen LogP contribution is -2.21. The number of rotatable bonds is 1. The van der Waals surface area contributed by atoms with Crippen molar-refractivity contribution in [1.82, 2.24) is 9.55 Å². The van der Waals surface area contributed by atoms with Crippen LogP contribution >= 0.6 is 0 Å². The first kappa shape index (κ1) is 12.1. The molecule has 3 aromatic rings. The van der Waals surface area contributed by atoms with E-state index in [0.717, 1.165) is 16.7 Å². The highest BCUT2D eigenvalue weighted by molar-refractivity contribution is 6.04. The van der Waals surface area contributed by atoms with E-state index in [1.807, 2.05) is 48.7 Å². The maximum Gasteiger partial charge on any atom is 0.253 e. The van der Waals surface area contributed by atoms with Crippen molar-refractivity contribution in [3.63, 3.8) is 0 Å². The maximum absolute atomic E-state index is 12.4. The van der Waals surface area contributed by atoms with E-state index >= 15 is 0 Å². The summed E-state index contributed by atoms with van der Waals surface area (Å²) in [6.07, 6.45) is 0. The second kappa shape index (κ2) is 4.19. The Hall–Kier alpha value is -2.62. The van der Waals surface area contributed by atoms with Crippen LogP contribution in [0.3, 0.4) is 0 Å². The molecule has 0 saturated carbocycles. The van der Waals surface area contributed by atoms with E-state index < -0.39 is 0 Å². The van der Waals surface area contributed by atoms with E-state index in [1.54, 1.807) is 4.90 Å². The number of hydrogen-bond acceptors (Lipinski definition) is 2. The molecule has 0 aliphatic carbocycles. The first-order valence-electron chi connectivity index (χ1n) is 7.00. The van der Waals surface area contributed by atoms with Crippen molar-refractivity contribution in [1.29, 1.82) is 0 Å². The van der Waals surface area contributed by atoms with Gasteiger partial charge in [0.15, 0.2) is 0 Å². The van der Waals surface area contributed by atoms with Gasteiger partial charge in [0.1, 0.15) is 6.54 Å². The summed E-state index contributed by atoms with van der Waals surface area (Å²) in [4.78, 5) is 18.7. The number of anilines is 2. The number of hydrogen-bond donors (Lipinski definition) is 0. The molecule has 2 heterocycles. The Morgan fingerprint density at radius 1 is 1.00 bits per heavy atom. The summed E-state index contributed by atoms with van der Waals surface area (Å²) in [6, 6.07) is 14.1. The summed E-state index contributed by atoms with van der Waals surface area (Å²) >= 11 is 0. The van der Waals surface area contributed by atoms with E-state index in [0.29, 0.717) is 12.5 Å². The molecule has 1 amide bonds. The fourth-order valence-corrected chi connectivity index (χ4v) is 2.82. The van der Waals surface area contributed by atoms with Crippen molar-refractivity contribution in [2.75, 3.05) is 4.90 Å². The highest BCUT2D eigenvalue weighted by Gasteiger charge is 2.31. The molecule has 0 bridgehead atoms. The van der Waals surface area contributed by atoms with E-state index in [4.69, 9.17) is 0 Å². The summed E-state index contributed by atoms with van der Waals surface area (Å²) in [5, 5.41) is 0. The molecule has 0 fully saturated rings. The van der Waals surface area contributed by atoms with Crippen molar-refractivity contribution in [2.45, 2.75) is 20.4 Å². The van der Waals surface area contributed by atoms with Crippen LogP contribution in [0.25, 0.3) is 11.0 Å². The molecule has 2 aromatic carbocycles. The smallest absolute Gasteiger partial charge is 0.253 e. The average molecular weight is 277 g/mol. The van der Waals surface area contributed by atoms with Crippen molar-refractivity contribution in [2.24, 2.45) is 0 Å². The van der Waals surface area contributed by atoms with Crippen molar-refractivity contribution < 1.29 is 4.79 Å². The summed E-state index contributed by atoms with van der Waals surface area (Å²) in [5.74, 6) is 0.772. The Kier molecular flexibility index (Phi) is 2.42. The van der Waals surface area contributed by atoms with Gasteiger partial charge in [0, 0.05) is 0 Å². The van der Waals surface area contributed by atoms with Crippen LogP contribution in [0.4, 0.5) is 11.6 Å². The van der Waals surface area contributed by atoms with Crippen LogP contribution in [-0.2, 0) is 11.3 Å². The van der Waals surface area contributed by atoms with Gasteiger partial charge < -0.3 is 0 Å². The Labute approximate surface area is 122 Å². The maximum atomic E-state index is 12.4. The first-order chi connectivity index (χ1) is 10.1. The summed E-state index contributed by atoms with van der Waals surface area (Å²) in [7, 11) is 0. The van der Waals surface area contributed by atoms with Gasteiger partial charge in [-0.2, -0.15) is 0 Å². The van der Waals surface area contributed by atoms with E-state index in [2.05, 4.69) is 17.1 Å². The third kappa shape index (κ3) is 1.76. The Morgan fingerprint density at radius 2 is 1.71 bits per heavy atom. The second-order valence-electron chi connectivity index (χ2n) is 5.55. The Bertz CT molecular complexity index is 862. The monoisotopic (exact) mass is 277 g/mol. The lowest BCUT2D eigenvalue weighted by molar-refractivity contribution is -0.117. The number of fused-ring (bicyclic) bond motifs is 3. The fourth-order valence-electron chi connectivity index (χ4n) is 2.82. The van der Waals surface area contributed by atoms with Gasteiger partial charge in [-0.25, -0.2) is 9.88 Å². The summed E-state index contributed by atoms with van der Waals surface area (Å²) in [5.41, 5.74) is 5.17. The Morgan fingerprint density at radius 3 is 2.48 bits per heavy atom. The van der Waals surface area contributed by atoms with Crippen molar-refractivity contribution in [3.8, 4) is 0 Å². The molecular weight excluding hydrogens is 262 g/mol. The van der Waals surface area contributed by atoms with Gasteiger partial charge in [-0.1, -0.05) is 23.8 Å². The zero-order chi connectivity index (χ0) is 14.6. The normalized spacial score (nSPS) is 14.0. The van der Waals surface area contributed by atoms with Crippen molar-refractivity contribution in [3.05, 3.63) is 53.6 Å². The molecule has 0 atom stereocenters. The van der Waals surface area contributed by atoms with Gasteiger partial charge in [-0.15, -0.1) is 0 Å². The number of carbonyl (C=O) groups is 1. The molecular formula is C17H15N3O. The number of aromatic nitrogens is 2. The molecule has 4 rings (SSSR count). The number of benzene rings is 2.